The van der Waals surface area contributed by atoms with E-state index in [0.29, 0.717) is 6.42 Å². The minimum atomic E-state index is -2.24. The summed E-state index contributed by atoms with van der Waals surface area (Å²) in [5.74, 6) is -0.736. The lowest BCUT2D eigenvalue weighted by atomic mass is 10.0. The quantitative estimate of drug-likeness (QED) is 0.0577. The van der Waals surface area contributed by atoms with Crippen LogP contribution in [-0.2, 0) is 46.2 Å². The number of cyclic esters (lactones) is 1. The molecular weight excluding hydrogens is 645 g/mol. The fourth-order valence-electron chi connectivity index (χ4n) is 5.64. The van der Waals surface area contributed by atoms with E-state index in [2.05, 4.69) is 40.8 Å². The number of unbranched alkanes of at least 4 members (excludes halogenated alkanes) is 12. The van der Waals surface area contributed by atoms with Crippen LogP contribution < -0.4 is 0 Å². The van der Waals surface area contributed by atoms with Crippen LogP contribution in [0, 0.1) is 0 Å². The van der Waals surface area contributed by atoms with E-state index in [4.69, 9.17) is 23.4 Å². The summed E-state index contributed by atoms with van der Waals surface area (Å²) < 4.78 is 30.9. The number of esters is 2. The SMILES string of the molecule is CCCCCCCCCCCCCCCC(=O)O[C@@H](CO[Si](C)(C)C(C)(C)C)[C@H]1OC(=O)C(OCc2ccccc2)=C1OCc1ccccc1. The summed E-state index contributed by atoms with van der Waals surface area (Å²) >= 11 is 0. The van der Waals surface area contributed by atoms with E-state index < -0.39 is 26.5 Å². The molecule has 0 unspecified atom stereocenters. The lowest BCUT2D eigenvalue weighted by Crippen LogP contribution is -2.46. The smallest absolute Gasteiger partial charge is 0.378 e. The van der Waals surface area contributed by atoms with Gasteiger partial charge in [-0.3, -0.25) is 4.79 Å². The number of ether oxygens (including phenoxy) is 4. The third-order valence-electron chi connectivity index (χ3n) is 9.88. The Labute approximate surface area is 303 Å². The van der Waals surface area contributed by atoms with Crippen LogP contribution in [0.2, 0.25) is 18.1 Å². The first-order valence-corrected chi connectivity index (χ1v) is 22.0. The average Bonchev–Trinajstić information content (AvgIpc) is 3.41. The van der Waals surface area contributed by atoms with Gasteiger partial charge >= 0.3 is 11.9 Å². The van der Waals surface area contributed by atoms with Crippen LogP contribution in [-0.4, -0.2) is 39.1 Å². The molecule has 1 aliphatic rings. The molecule has 1 heterocycles. The van der Waals surface area contributed by atoms with Gasteiger partial charge in [-0.15, -0.1) is 0 Å². The molecular formula is C42H64O7Si. The molecule has 3 rings (SSSR count). The van der Waals surface area contributed by atoms with Crippen molar-refractivity contribution < 1.29 is 33.0 Å². The normalized spacial score (nSPS) is 15.6. The molecule has 0 radical (unpaired) electrons. The zero-order valence-electron chi connectivity index (χ0n) is 31.8. The Hall–Kier alpha value is -3.10. The first kappa shape index (κ1) is 41.3. The van der Waals surface area contributed by atoms with Crippen molar-refractivity contribution in [1.29, 1.82) is 0 Å². The minimum absolute atomic E-state index is 0.000322. The Morgan fingerprint density at radius 1 is 0.740 bits per heavy atom. The second-order valence-electron chi connectivity index (χ2n) is 15.2. The van der Waals surface area contributed by atoms with Crippen molar-refractivity contribution in [3.63, 3.8) is 0 Å². The predicted molar refractivity (Wildman–Crippen MR) is 203 cm³/mol. The maximum atomic E-state index is 13.3. The number of carbonyl (C=O) groups is 2. The van der Waals surface area contributed by atoms with E-state index in [1.807, 2.05) is 60.7 Å². The van der Waals surface area contributed by atoms with E-state index in [0.717, 1.165) is 30.4 Å². The summed E-state index contributed by atoms with van der Waals surface area (Å²) in [5.41, 5.74) is 1.83. The number of carbonyl (C=O) groups excluding carboxylic acids is 2. The van der Waals surface area contributed by atoms with Crippen molar-refractivity contribution in [3.05, 3.63) is 83.3 Å². The molecule has 0 bridgehead atoms. The van der Waals surface area contributed by atoms with E-state index in [-0.39, 0.29) is 42.3 Å². The summed E-state index contributed by atoms with van der Waals surface area (Å²) in [6.45, 7) is 13.5. The first-order valence-electron chi connectivity index (χ1n) is 19.1. The second-order valence-corrected chi connectivity index (χ2v) is 20.0. The molecule has 0 amide bonds. The second kappa shape index (κ2) is 22.0. The molecule has 0 spiro atoms. The van der Waals surface area contributed by atoms with Crippen LogP contribution in [0.3, 0.4) is 0 Å². The van der Waals surface area contributed by atoms with Gasteiger partial charge in [0.1, 0.15) is 13.2 Å². The number of hydrogen-bond donors (Lipinski definition) is 0. The molecule has 50 heavy (non-hydrogen) atoms. The van der Waals surface area contributed by atoms with Gasteiger partial charge in [0.15, 0.2) is 20.2 Å². The van der Waals surface area contributed by atoms with Crippen LogP contribution >= 0.6 is 0 Å². The molecule has 2 atom stereocenters. The van der Waals surface area contributed by atoms with Crippen molar-refractivity contribution in [3.8, 4) is 0 Å². The average molecular weight is 709 g/mol. The standard InChI is InChI=1S/C42H64O7Si/c1-7-8-9-10-11-12-13-14-15-16-17-18-25-30-37(43)48-36(33-47-50(5,6)42(2,3)4)38-39(45-31-34-26-21-19-22-27-34)40(41(44)49-38)46-32-35-28-23-20-24-29-35/h19-24,26-29,36,38H,7-18,25,30-33H2,1-6H3/t36-,38+/m0/s1. The Kier molecular flexibility index (Phi) is 18.2. The first-order chi connectivity index (χ1) is 24.0. The molecule has 7 nitrogen and oxygen atoms in total. The molecule has 0 aliphatic carbocycles. The number of rotatable bonds is 25. The largest absolute Gasteiger partial charge is 0.485 e. The lowest BCUT2D eigenvalue weighted by Gasteiger charge is -2.37. The van der Waals surface area contributed by atoms with Crippen LogP contribution in [0.5, 0.6) is 0 Å². The Morgan fingerprint density at radius 2 is 1.22 bits per heavy atom. The highest BCUT2D eigenvalue weighted by Gasteiger charge is 2.46. The highest BCUT2D eigenvalue weighted by Crippen LogP contribution is 2.38. The molecule has 0 saturated heterocycles. The van der Waals surface area contributed by atoms with Gasteiger partial charge in [0.05, 0.1) is 6.61 Å². The summed E-state index contributed by atoms with van der Waals surface area (Å²) in [4.78, 5) is 26.6. The number of hydrogen-bond acceptors (Lipinski definition) is 7. The van der Waals surface area contributed by atoms with Crippen molar-refractivity contribution in [2.45, 2.75) is 161 Å². The Balaban J connectivity index is 1.63. The highest BCUT2D eigenvalue weighted by atomic mass is 28.4. The summed E-state index contributed by atoms with van der Waals surface area (Å²) in [6, 6.07) is 19.3. The van der Waals surface area contributed by atoms with Crippen molar-refractivity contribution in [2.75, 3.05) is 6.61 Å². The third kappa shape index (κ3) is 14.6. The lowest BCUT2D eigenvalue weighted by molar-refractivity contribution is -0.165. The molecule has 0 N–H and O–H groups in total. The molecule has 2 aromatic rings. The van der Waals surface area contributed by atoms with Gasteiger partial charge in [-0.25, -0.2) is 4.79 Å². The molecule has 0 fully saturated rings. The topological polar surface area (TPSA) is 80.3 Å². The van der Waals surface area contributed by atoms with Crippen molar-refractivity contribution >= 4 is 20.3 Å². The minimum Gasteiger partial charge on any atom is -0.485 e. The van der Waals surface area contributed by atoms with Gasteiger partial charge in [-0.05, 0) is 35.7 Å². The fourth-order valence-corrected chi connectivity index (χ4v) is 6.66. The monoisotopic (exact) mass is 708 g/mol. The van der Waals surface area contributed by atoms with Crippen LogP contribution in [0.15, 0.2) is 72.2 Å². The summed E-state index contributed by atoms with van der Waals surface area (Å²) in [6.07, 6.45) is 14.5. The van der Waals surface area contributed by atoms with Crippen LogP contribution in [0.1, 0.15) is 129 Å². The summed E-state index contributed by atoms with van der Waals surface area (Å²) in [5, 5.41) is -0.0605. The zero-order chi connectivity index (χ0) is 36.2. The fraction of sp³-hybridized carbons (Fsp3) is 0.619. The van der Waals surface area contributed by atoms with E-state index in [9.17, 15) is 9.59 Å². The third-order valence-corrected chi connectivity index (χ3v) is 14.4. The van der Waals surface area contributed by atoms with Gasteiger partial charge in [0.25, 0.3) is 0 Å². The summed E-state index contributed by atoms with van der Waals surface area (Å²) in [7, 11) is -2.24. The number of benzene rings is 2. The van der Waals surface area contributed by atoms with E-state index in [1.54, 1.807) is 0 Å². The molecule has 8 heteroatoms. The molecule has 0 saturated carbocycles. The predicted octanol–water partition coefficient (Wildman–Crippen LogP) is 11.0. The van der Waals surface area contributed by atoms with Gasteiger partial charge in [-0.2, -0.15) is 0 Å². The van der Waals surface area contributed by atoms with Crippen molar-refractivity contribution in [1.82, 2.24) is 0 Å². The van der Waals surface area contributed by atoms with Gasteiger partial charge in [0, 0.05) is 6.42 Å². The molecule has 2 aromatic carbocycles. The Bertz CT molecular complexity index is 1290. The highest BCUT2D eigenvalue weighted by molar-refractivity contribution is 6.74. The molecule has 1 aliphatic heterocycles. The van der Waals surface area contributed by atoms with Gasteiger partial charge < -0.3 is 23.4 Å². The van der Waals surface area contributed by atoms with E-state index >= 15 is 0 Å². The zero-order valence-corrected chi connectivity index (χ0v) is 32.8. The maximum absolute atomic E-state index is 13.3. The van der Waals surface area contributed by atoms with Gasteiger partial charge in [-0.1, -0.05) is 165 Å². The van der Waals surface area contributed by atoms with E-state index in [1.165, 1.54) is 64.2 Å². The van der Waals surface area contributed by atoms with Crippen molar-refractivity contribution in [2.24, 2.45) is 0 Å². The molecule has 0 aromatic heterocycles. The Morgan fingerprint density at radius 3 is 1.72 bits per heavy atom. The van der Waals surface area contributed by atoms with Crippen LogP contribution in [0.4, 0.5) is 0 Å². The van der Waals surface area contributed by atoms with Gasteiger partial charge in [0.2, 0.25) is 11.9 Å². The molecule has 278 valence electrons. The maximum Gasteiger partial charge on any atom is 0.378 e. The van der Waals surface area contributed by atoms with Crippen LogP contribution in [0.25, 0.3) is 0 Å².